The molecule has 0 fully saturated rings. The summed E-state index contributed by atoms with van der Waals surface area (Å²) in [5.41, 5.74) is 1.59. The standard InChI is InChI=1S/C14H15Cl2N3O/c1-8(2)12-7-13(19-18-12)17-14(20)6-9-10(15)4-3-5-11(9)16/h3-5,7-8H,6H2,1-2H3,(H2,17,18,19,20). The first kappa shape index (κ1) is 14.9. The molecule has 0 radical (unpaired) electrons. The third-order valence-electron chi connectivity index (χ3n) is 2.89. The number of anilines is 1. The zero-order chi connectivity index (χ0) is 14.7. The SMILES string of the molecule is CC(C)c1cc(NC(=O)Cc2c(Cl)cccc2Cl)n[nH]1. The van der Waals surface area contributed by atoms with E-state index in [1.165, 1.54) is 0 Å². The second-order valence-corrected chi connectivity index (χ2v) is 5.60. The molecule has 106 valence electrons. The van der Waals surface area contributed by atoms with Crippen molar-refractivity contribution in [1.82, 2.24) is 10.2 Å². The number of nitrogens with zero attached hydrogens (tertiary/aromatic N) is 1. The summed E-state index contributed by atoms with van der Waals surface area (Å²) in [6.07, 6.45) is 0.113. The second-order valence-electron chi connectivity index (χ2n) is 4.79. The average molecular weight is 312 g/mol. The van der Waals surface area contributed by atoms with Crippen LogP contribution in [0.25, 0.3) is 0 Å². The van der Waals surface area contributed by atoms with Gasteiger partial charge in [-0.3, -0.25) is 9.89 Å². The Morgan fingerprint density at radius 3 is 2.55 bits per heavy atom. The van der Waals surface area contributed by atoms with Crippen molar-refractivity contribution in [2.24, 2.45) is 0 Å². The average Bonchev–Trinajstić information content (AvgIpc) is 2.82. The van der Waals surface area contributed by atoms with Crippen molar-refractivity contribution in [3.63, 3.8) is 0 Å². The van der Waals surface area contributed by atoms with Gasteiger partial charge in [-0.05, 0) is 23.6 Å². The molecule has 0 atom stereocenters. The van der Waals surface area contributed by atoms with Gasteiger partial charge in [-0.15, -0.1) is 0 Å². The third-order valence-corrected chi connectivity index (χ3v) is 3.59. The van der Waals surface area contributed by atoms with Crippen LogP contribution in [0.1, 0.15) is 31.0 Å². The van der Waals surface area contributed by atoms with Crippen molar-refractivity contribution >= 4 is 34.9 Å². The largest absolute Gasteiger partial charge is 0.309 e. The summed E-state index contributed by atoms with van der Waals surface area (Å²) in [7, 11) is 0. The molecule has 1 heterocycles. The fraction of sp³-hybridized carbons (Fsp3) is 0.286. The zero-order valence-corrected chi connectivity index (χ0v) is 12.7. The highest BCUT2D eigenvalue weighted by atomic mass is 35.5. The molecule has 0 aliphatic carbocycles. The normalized spacial score (nSPS) is 10.8. The molecule has 0 aliphatic rings. The summed E-state index contributed by atoms with van der Waals surface area (Å²) in [6.45, 7) is 4.09. The number of nitrogens with one attached hydrogen (secondary N) is 2. The van der Waals surface area contributed by atoms with Crippen molar-refractivity contribution in [2.75, 3.05) is 5.32 Å². The number of rotatable bonds is 4. The van der Waals surface area contributed by atoms with E-state index < -0.39 is 0 Å². The van der Waals surface area contributed by atoms with E-state index in [0.717, 1.165) is 5.69 Å². The van der Waals surface area contributed by atoms with Gasteiger partial charge in [-0.1, -0.05) is 43.1 Å². The van der Waals surface area contributed by atoms with E-state index in [1.807, 2.05) is 19.9 Å². The Kier molecular flexibility index (Phi) is 4.68. The predicted octanol–water partition coefficient (Wildman–Crippen LogP) is 4.02. The van der Waals surface area contributed by atoms with Gasteiger partial charge in [-0.2, -0.15) is 5.10 Å². The quantitative estimate of drug-likeness (QED) is 0.896. The fourth-order valence-corrected chi connectivity index (χ4v) is 2.28. The molecule has 0 spiro atoms. The molecule has 2 aromatic rings. The first-order valence-electron chi connectivity index (χ1n) is 6.25. The highest BCUT2D eigenvalue weighted by molar-refractivity contribution is 6.36. The summed E-state index contributed by atoms with van der Waals surface area (Å²) in [6, 6.07) is 6.98. The van der Waals surface area contributed by atoms with Crippen LogP contribution in [0.2, 0.25) is 10.0 Å². The number of benzene rings is 1. The van der Waals surface area contributed by atoms with Crippen LogP contribution < -0.4 is 5.32 Å². The Hall–Kier alpha value is -1.52. The predicted molar refractivity (Wildman–Crippen MR) is 81.5 cm³/mol. The maximum Gasteiger partial charge on any atom is 0.230 e. The highest BCUT2D eigenvalue weighted by Crippen LogP contribution is 2.25. The molecule has 1 aromatic heterocycles. The van der Waals surface area contributed by atoms with Gasteiger partial charge in [0, 0.05) is 21.8 Å². The lowest BCUT2D eigenvalue weighted by Gasteiger charge is -2.06. The number of H-pyrrole nitrogens is 1. The Bertz CT molecular complexity index is 602. The maximum absolute atomic E-state index is 12.0. The number of halogens is 2. The van der Waals surface area contributed by atoms with Gasteiger partial charge in [0.05, 0.1) is 6.42 Å². The van der Waals surface area contributed by atoms with Crippen LogP contribution in [-0.4, -0.2) is 16.1 Å². The van der Waals surface area contributed by atoms with E-state index in [2.05, 4.69) is 15.5 Å². The van der Waals surface area contributed by atoms with Crippen molar-refractivity contribution in [1.29, 1.82) is 0 Å². The van der Waals surface area contributed by atoms with Gasteiger partial charge < -0.3 is 5.32 Å². The Balaban J connectivity index is 2.05. The van der Waals surface area contributed by atoms with E-state index in [0.29, 0.717) is 27.3 Å². The minimum atomic E-state index is -0.207. The molecule has 4 nitrogen and oxygen atoms in total. The third kappa shape index (κ3) is 3.52. The molecular formula is C14H15Cl2N3O. The number of carbonyl (C=O) groups is 1. The Labute approximate surface area is 127 Å². The summed E-state index contributed by atoms with van der Waals surface area (Å²) in [4.78, 5) is 12.0. The lowest BCUT2D eigenvalue weighted by molar-refractivity contribution is -0.115. The van der Waals surface area contributed by atoms with Crippen molar-refractivity contribution < 1.29 is 4.79 Å². The fourth-order valence-electron chi connectivity index (χ4n) is 1.75. The van der Waals surface area contributed by atoms with E-state index in [4.69, 9.17) is 23.2 Å². The van der Waals surface area contributed by atoms with Crippen molar-refractivity contribution in [3.8, 4) is 0 Å². The summed E-state index contributed by atoms with van der Waals surface area (Å²) >= 11 is 12.1. The molecule has 0 bridgehead atoms. The maximum atomic E-state index is 12.0. The molecule has 0 saturated heterocycles. The van der Waals surface area contributed by atoms with Gasteiger partial charge in [0.15, 0.2) is 5.82 Å². The molecular weight excluding hydrogens is 297 g/mol. The van der Waals surface area contributed by atoms with Crippen molar-refractivity contribution in [2.45, 2.75) is 26.2 Å². The van der Waals surface area contributed by atoms with Gasteiger partial charge >= 0.3 is 0 Å². The molecule has 2 rings (SSSR count). The summed E-state index contributed by atoms with van der Waals surface area (Å²) in [5.74, 6) is 0.620. The molecule has 0 saturated carbocycles. The Morgan fingerprint density at radius 1 is 1.35 bits per heavy atom. The number of aromatic amines is 1. The monoisotopic (exact) mass is 311 g/mol. The highest BCUT2D eigenvalue weighted by Gasteiger charge is 2.12. The first-order valence-corrected chi connectivity index (χ1v) is 7.01. The lowest BCUT2D eigenvalue weighted by Crippen LogP contribution is -2.15. The number of carbonyl (C=O) groups excluding carboxylic acids is 1. The lowest BCUT2D eigenvalue weighted by atomic mass is 10.1. The molecule has 0 unspecified atom stereocenters. The molecule has 6 heteroatoms. The van der Waals surface area contributed by atoms with Gasteiger partial charge in [-0.25, -0.2) is 0 Å². The molecule has 20 heavy (non-hydrogen) atoms. The van der Waals surface area contributed by atoms with Gasteiger partial charge in [0.2, 0.25) is 5.91 Å². The first-order chi connectivity index (χ1) is 9.47. The van der Waals surface area contributed by atoms with Crippen LogP contribution in [0.5, 0.6) is 0 Å². The van der Waals surface area contributed by atoms with Gasteiger partial charge in [0.1, 0.15) is 0 Å². The summed E-state index contributed by atoms with van der Waals surface area (Å²) in [5, 5.41) is 10.6. The molecule has 2 N–H and O–H groups in total. The topological polar surface area (TPSA) is 57.8 Å². The number of amides is 1. The molecule has 0 aliphatic heterocycles. The number of hydrogen-bond donors (Lipinski definition) is 2. The summed E-state index contributed by atoms with van der Waals surface area (Å²) < 4.78 is 0. The minimum absolute atomic E-state index is 0.113. The Morgan fingerprint density at radius 2 is 2.00 bits per heavy atom. The molecule has 1 aromatic carbocycles. The van der Waals surface area contributed by atoms with Gasteiger partial charge in [0.25, 0.3) is 0 Å². The van der Waals surface area contributed by atoms with Crippen LogP contribution in [-0.2, 0) is 11.2 Å². The molecule has 1 amide bonds. The smallest absolute Gasteiger partial charge is 0.230 e. The van der Waals surface area contributed by atoms with Crippen LogP contribution >= 0.6 is 23.2 Å². The van der Waals surface area contributed by atoms with E-state index >= 15 is 0 Å². The second kappa shape index (κ2) is 6.29. The van der Waals surface area contributed by atoms with E-state index in [9.17, 15) is 4.79 Å². The zero-order valence-electron chi connectivity index (χ0n) is 11.2. The minimum Gasteiger partial charge on any atom is -0.309 e. The van der Waals surface area contributed by atoms with Crippen LogP contribution in [0.3, 0.4) is 0 Å². The van der Waals surface area contributed by atoms with Crippen molar-refractivity contribution in [3.05, 3.63) is 45.6 Å². The number of aromatic nitrogens is 2. The number of hydrogen-bond acceptors (Lipinski definition) is 2. The van der Waals surface area contributed by atoms with Crippen LogP contribution in [0.15, 0.2) is 24.3 Å². The van der Waals surface area contributed by atoms with E-state index in [1.54, 1.807) is 18.2 Å². The van der Waals surface area contributed by atoms with E-state index in [-0.39, 0.29) is 12.3 Å². The van der Waals surface area contributed by atoms with Crippen LogP contribution in [0.4, 0.5) is 5.82 Å². The van der Waals surface area contributed by atoms with Crippen LogP contribution in [0, 0.1) is 0 Å².